The molecule has 5 rings (SSSR count). The van der Waals surface area contributed by atoms with Gasteiger partial charge in [0.25, 0.3) is 0 Å². The van der Waals surface area contributed by atoms with E-state index in [1.165, 1.54) is 21.2 Å². The number of carbonyl (C=O) groups excluding carboxylic acids is 1. The molecule has 0 aliphatic carbocycles. The van der Waals surface area contributed by atoms with Crippen LogP contribution in [0.4, 0.5) is 0 Å². The number of carbonyl (C=O) groups is 1. The van der Waals surface area contributed by atoms with Crippen molar-refractivity contribution >= 4 is 61.5 Å². The van der Waals surface area contributed by atoms with E-state index in [0.29, 0.717) is 0 Å². The Hall–Kier alpha value is -2.21. The zero-order valence-electron chi connectivity index (χ0n) is 27.0. The molecule has 0 unspecified atom stereocenters. The molecule has 3 heterocycles. The van der Waals surface area contributed by atoms with E-state index in [2.05, 4.69) is 65.7 Å². The van der Waals surface area contributed by atoms with Crippen molar-refractivity contribution < 1.29 is 32.7 Å². The van der Waals surface area contributed by atoms with Gasteiger partial charge in [-0.15, -0.1) is 0 Å². The predicted octanol–water partition coefficient (Wildman–Crippen LogP) is 8.75. The molecule has 3 aromatic heterocycles. The van der Waals surface area contributed by atoms with Crippen LogP contribution in [-0.2, 0) is 24.9 Å². The molecule has 0 saturated carbocycles. The minimum atomic E-state index is -2.12. The number of aliphatic hydroxyl groups excluding tert-OH is 1. The third kappa shape index (κ3) is 6.17. The maximum atomic E-state index is 11.7. The molecular formula is C34H43GeIrN2O2-. The summed E-state index contributed by atoms with van der Waals surface area (Å²) in [6, 6.07) is 11.1. The van der Waals surface area contributed by atoms with Crippen molar-refractivity contribution in [3.05, 3.63) is 66.1 Å². The van der Waals surface area contributed by atoms with Gasteiger partial charge < -0.3 is 5.11 Å². The van der Waals surface area contributed by atoms with Crippen molar-refractivity contribution in [3.63, 3.8) is 0 Å². The number of pyridine rings is 2. The Labute approximate surface area is 258 Å². The van der Waals surface area contributed by atoms with Crippen LogP contribution in [0.3, 0.4) is 0 Å². The van der Waals surface area contributed by atoms with Gasteiger partial charge in [0.15, 0.2) is 5.78 Å². The number of nitrogens with zero attached hydrogens (tertiary/aromatic N) is 2. The average Bonchev–Trinajstić information content (AvgIpc) is 3.27. The van der Waals surface area contributed by atoms with Gasteiger partial charge in [-0.1, -0.05) is 27.7 Å². The summed E-state index contributed by atoms with van der Waals surface area (Å²) >= 11 is -2.12. The summed E-state index contributed by atoms with van der Waals surface area (Å²) in [6.07, 6.45) is 8.35. The standard InChI is InChI=1S/C21H19GeN2.C13H24O2.Ir/c1-13-12-24-20-16(13)6-5-7-17(20)18-11-15(22(2,3)4)10-14-8-9-23-21(24)19(14)18;1-5-10(6-2)12(14)9-13(15)11(7-3)8-4;/h5-11H,1-4H3;9-11,14H,5-8H2,1-4H3;/q-1;;/b;12-9-;/i8D,9D;;. The second kappa shape index (κ2) is 13.2. The Morgan fingerprint density at radius 1 is 1.05 bits per heavy atom. The number of ketones is 1. The molecule has 0 aliphatic rings. The third-order valence-corrected chi connectivity index (χ3v) is 12.3. The molecule has 0 amide bonds. The smallest absolute Gasteiger partial charge is 0 e. The second-order valence-corrected chi connectivity index (χ2v) is 22.3. The number of fused-ring (bicyclic) bond motifs is 2. The topological polar surface area (TPSA) is 54.6 Å². The molecule has 5 aromatic rings. The maximum absolute atomic E-state index is 11.7. The predicted molar refractivity (Wildman–Crippen MR) is 169 cm³/mol. The van der Waals surface area contributed by atoms with E-state index in [9.17, 15) is 9.90 Å². The number of para-hydroxylation sites is 1. The largest absolute Gasteiger partial charge is 0 e. The summed E-state index contributed by atoms with van der Waals surface area (Å²) < 4.78 is 20.1. The summed E-state index contributed by atoms with van der Waals surface area (Å²) in [4.78, 5) is 16.2. The molecule has 0 bridgehead atoms. The van der Waals surface area contributed by atoms with Crippen LogP contribution >= 0.6 is 0 Å². The molecule has 215 valence electrons. The molecule has 0 spiro atoms. The van der Waals surface area contributed by atoms with E-state index in [0.717, 1.165) is 58.6 Å². The third-order valence-electron chi connectivity index (χ3n) is 8.11. The Morgan fingerprint density at radius 3 is 2.27 bits per heavy atom. The Kier molecular flexibility index (Phi) is 9.65. The SMILES string of the molecule is CCC(CC)C(=O)/C=C(\O)C(CC)CC.[2H]c1nc2c3c(c[c]([Ge]([CH3])([CH3])[CH3])cc3c3cccc4c(C)[c-]n2c43)c1[2H].[Ir]. The molecule has 4 nitrogen and oxygen atoms in total. The van der Waals surface area contributed by atoms with Crippen LogP contribution in [-0.4, -0.2) is 33.5 Å². The van der Waals surface area contributed by atoms with Gasteiger partial charge in [0.1, 0.15) is 0 Å². The van der Waals surface area contributed by atoms with Gasteiger partial charge in [0.05, 0.1) is 5.76 Å². The summed E-state index contributed by atoms with van der Waals surface area (Å²) in [5, 5.41) is 15.1. The molecular weight excluding hydrogens is 733 g/mol. The number of benzene rings is 2. The molecule has 40 heavy (non-hydrogen) atoms. The summed E-state index contributed by atoms with van der Waals surface area (Å²) in [7, 11) is 0. The van der Waals surface area contributed by atoms with E-state index < -0.39 is 13.3 Å². The summed E-state index contributed by atoms with van der Waals surface area (Å²) in [5.41, 5.74) is 2.93. The molecule has 0 aliphatic heterocycles. The first-order valence-electron chi connectivity index (χ1n) is 15.3. The number of aromatic nitrogens is 2. The van der Waals surface area contributed by atoms with Crippen molar-refractivity contribution in [2.24, 2.45) is 11.8 Å². The quantitative estimate of drug-likeness (QED) is 0.0429. The first-order chi connectivity index (χ1) is 19.4. The van der Waals surface area contributed by atoms with Gasteiger partial charge in [0, 0.05) is 38.0 Å². The monoisotopic (exact) mass is 780 g/mol. The Balaban J connectivity index is 0.000000263. The van der Waals surface area contributed by atoms with E-state index in [-0.39, 0.29) is 55.7 Å². The Morgan fingerprint density at radius 2 is 1.68 bits per heavy atom. The normalized spacial score (nSPS) is 13.2. The van der Waals surface area contributed by atoms with E-state index in [4.69, 9.17) is 2.74 Å². The molecule has 2 aromatic carbocycles. The summed E-state index contributed by atoms with van der Waals surface area (Å²) in [6.45, 7) is 10.1. The van der Waals surface area contributed by atoms with Gasteiger partial charge >= 0.3 is 146 Å². The summed E-state index contributed by atoms with van der Waals surface area (Å²) in [5.74, 6) is 7.65. The van der Waals surface area contributed by atoms with Crippen LogP contribution in [0, 0.1) is 25.0 Å². The first kappa shape index (κ1) is 29.3. The second-order valence-electron chi connectivity index (χ2n) is 11.6. The minimum absolute atomic E-state index is 0. The van der Waals surface area contributed by atoms with Gasteiger partial charge in [-0.3, -0.25) is 4.79 Å². The number of hydrogen-bond acceptors (Lipinski definition) is 3. The number of aliphatic hydroxyl groups is 1. The fourth-order valence-corrected chi connectivity index (χ4v) is 7.93. The van der Waals surface area contributed by atoms with Crippen LogP contribution in [0.1, 0.15) is 61.7 Å². The number of hydrogen-bond donors (Lipinski definition) is 1. The average molecular weight is 779 g/mol. The van der Waals surface area contributed by atoms with Gasteiger partial charge in [-0.05, 0) is 25.7 Å². The van der Waals surface area contributed by atoms with Gasteiger partial charge in [-0.25, -0.2) is 0 Å². The molecule has 0 fully saturated rings. The van der Waals surface area contributed by atoms with Crippen molar-refractivity contribution in [1.82, 2.24) is 9.38 Å². The van der Waals surface area contributed by atoms with Gasteiger partial charge in [0.2, 0.25) is 0 Å². The van der Waals surface area contributed by atoms with Crippen LogP contribution < -0.4 is 4.40 Å². The van der Waals surface area contributed by atoms with E-state index in [1.54, 1.807) is 0 Å². The van der Waals surface area contributed by atoms with Crippen LogP contribution in [0.15, 0.2) is 54.4 Å². The fourth-order valence-electron chi connectivity index (χ4n) is 5.51. The molecule has 1 N–H and O–H groups in total. The minimum Gasteiger partial charge on any atom is 0 e. The molecule has 0 atom stereocenters. The van der Waals surface area contributed by atoms with Crippen molar-refractivity contribution in [3.8, 4) is 0 Å². The van der Waals surface area contributed by atoms with Crippen molar-refractivity contribution in [2.45, 2.75) is 77.6 Å². The first-order valence-corrected chi connectivity index (χ1v) is 21.7. The van der Waals surface area contributed by atoms with Crippen LogP contribution in [0.2, 0.25) is 17.3 Å². The molecule has 0 saturated heterocycles. The van der Waals surface area contributed by atoms with E-state index >= 15 is 0 Å². The Bertz CT molecular complexity index is 1750. The fraction of sp³-hybridized carbons (Fsp3) is 0.412. The maximum Gasteiger partial charge on any atom is 0 e. The van der Waals surface area contributed by atoms with Crippen LogP contribution in [0.5, 0.6) is 0 Å². The molecule has 6 heteroatoms. The zero-order valence-corrected chi connectivity index (χ0v) is 29.5. The number of rotatable bonds is 8. The zero-order chi connectivity index (χ0) is 30.2. The van der Waals surface area contributed by atoms with Crippen LogP contribution in [0.25, 0.3) is 38.1 Å². The number of allylic oxidation sites excluding steroid dienone is 2. The number of aryl methyl sites for hydroxylation is 1. The van der Waals surface area contributed by atoms with Crippen molar-refractivity contribution in [2.75, 3.05) is 0 Å². The molecule has 1 radical (unpaired) electrons. The van der Waals surface area contributed by atoms with Crippen molar-refractivity contribution in [1.29, 1.82) is 0 Å². The van der Waals surface area contributed by atoms with Gasteiger partial charge in [-0.2, -0.15) is 0 Å². The van der Waals surface area contributed by atoms with E-state index in [1.807, 2.05) is 32.1 Å².